The Hall–Kier alpha value is -1.69. The van der Waals surface area contributed by atoms with E-state index in [0.29, 0.717) is 16.1 Å². The lowest BCUT2D eigenvalue weighted by Crippen LogP contribution is -2.49. The van der Waals surface area contributed by atoms with Crippen molar-refractivity contribution in [2.45, 2.75) is 6.92 Å². The van der Waals surface area contributed by atoms with Crippen molar-refractivity contribution in [1.29, 1.82) is 0 Å². The van der Waals surface area contributed by atoms with E-state index in [1.807, 2.05) is 30.0 Å². The highest BCUT2D eigenvalue weighted by atomic mass is 35.5. The summed E-state index contributed by atoms with van der Waals surface area (Å²) in [6.07, 6.45) is 0. The van der Waals surface area contributed by atoms with E-state index in [2.05, 4.69) is 9.88 Å². The summed E-state index contributed by atoms with van der Waals surface area (Å²) in [5, 5.41) is 1.40. The van der Waals surface area contributed by atoms with Crippen molar-refractivity contribution in [3.05, 3.63) is 40.5 Å². The number of hydrogen-bond acceptors (Lipinski definition) is 4. The van der Waals surface area contributed by atoms with E-state index in [1.165, 1.54) is 0 Å². The lowest BCUT2D eigenvalue weighted by Gasteiger charge is -2.34. The van der Waals surface area contributed by atoms with Crippen molar-refractivity contribution in [3.8, 4) is 0 Å². The Kier molecular flexibility index (Phi) is 5.33. The molecule has 2 aromatic rings. The summed E-state index contributed by atoms with van der Waals surface area (Å²) < 4.78 is 5.12. The van der Waals surface area contributed by atoms with Crippen molar-refractivity contribution < 1.29 is 9.53 Å². The summed E-state index contributed by atoms with van der Waals surface area (Å²) >= 11 is 6.25. The van der Waals surface area contributed by atoms with Crippen LogP contribution in [0.1, 0.15) is 16.1 Å². The Morgan fingerprint density at radius 1 is 1.29 bits per heavy atom. The summed E-state index contributed by atoms with van der Waals surface area (Å²) in [4.78, 5) is 21.7. The van der Waals surface area contributed by atoms with Gasteiger partial charge in [-0.05, 0) is 19.1 Å². The maximum atomic E-state index is 13.0. The Balaban J connectivity index is 1.81. The number of aryl methyl sites for hydroxylation is 1. The SMILES string of the molecule is COCCN1CCN(C(=O)c2cc(C)nc3c(Cl)cccc23)CC1. The quantitative estimate of drug-likeness (QED) is 0.853. The van der Waals surface area contributed by atoms with Gasteiger partial charge in [0.15, 0.2) is 0 Å². The molecule has 0 N–H and O–H groups in total. The first-order chi connectivity index (χ1) is 11.6. The van der Waals surface area contributed by atoms with Crippen LogP contribution in [-0.4, -0.2) is 67.1 Å². The van der Waals surface area contributed by atoms with E-state index in [1.54, 1.807) is 13.2 Å². The highest BCUT2D eigenvalue weighted by Gasteiger charge is 2.24. The van der Waals surface area contributed by atoms with Crippen LogP contribution in [0.15, 0.2) is 24.3 Å². The molecule has 2 heterocycles. The first-order valence-corrected chi connectivity index (χ1v) is 8.54. The molecule has 0 atom stereocenters. The second-order valence-corrected chi connectivity index (χ2v) is 6.48. The molecule has 5 nitrogen and oxygen atoms in total. The lowest BCUT2D eigenvalue weighted by molar-refractivity contribution is 0.0596. The number of amides is 1. The second-order valence-electron chi connectivity index (χ2n) is 6.07. The van der Waals surface area contributed by atoms with Gasteiger partial charge >= 0.3 is 0 Å². The van der Waals surface area contributed by atoms with Gasteiger partial charge in [-0.25, -0.2) is 0 Å². The van der Waals surface area contributed by atoms with Crippen LogP contribution in [0.25, 0.3) is 10.9 Å². The van der Waals surface area contributed by atoms with Crippen LogP contribution in [0.4, 0.5) is 0 Å². The topological polar surface area (TPSA) is 45.7 Å². The molecule has 0 saturated carbocycles. The van der Waals surface area contributed by atoms with Crippen LogP contribution in [-0.2, 0) is 4.74 Å². The fourth-order valence-electron chi connectivity index (χ4n) is 3.08. The molecule has 1 aliphatic heterocycles. The number of carbonyl (C=O) groups excluding carboxylic acids is 1. The number of fused-ring (bicyclic) bond motifs is 1. The average molecular weight is 348 g/mol. The molecule has 0 spiro atoms. The van der Waals surface area contributed by atoms with Crippen LogP contribution >= 0.6 is 11.6 Å². The van der Waals surface area contributed by atoms with E-state index in [-0.39, 0.29) is 5.91 Å². The molecule has 1 fully saturated rings. The average Bonchev–Trinajstić information content (AvgIpc) is 2.60. The van der Waals surface area contributed by atoms with Gasteiger partial charge in [0.05, 0.1) is 22.7 Å². The van der Waals surface area contributed by atoms with Crippen LogP contribution < -0.4 is 0 Å². The minimum Gasteiger partial charge on any atom is -0.383 e. The van der Waals surface area contributed by atoms with Gasteiger partial charge in [-0.15, -0.1) is 0 Å². The number of para-hydroxylation sites is 1. The molecule has 1 saturated heterocycles. The number of benzene rings is 1. The van der Waals surface area contributed by atoms with Crippen molar-refractivity contribution >= 4 is 28.4 Å². The number of nitrogens with zero attached hydrogens (tertiary/aromatic N) is 3. The number of rotatable bonds is 4. The summed E-state index contributed by atoms with van der Waals surface area (Å²) in [6.45, 7) is 6.72. The number of aromatic nitrogens is 1. The van der Waals surface area contributed by atoms with Crippen molar-refractivity contribution in [2.24, 2.45) is 0 Å². The second kappa shape index (κ2) is 7.47. The summed E-state index contributed by atoms with van der Waals surface area (Å²) in [5.74, 6) is 0.0548. The van der Waals surface area contributed by atoms with Crippen LogP contribution in [0.2, 0.25) is 5.02 Å². The van der Waals surface area contributed by atoms with Crippen LogP contribution in [0.3, 0.4) is 0 Å². The normalized spacial score (nSPS) is 15.9. The predicted molar refractivity (Wildman–Crippen MR) is 95.7 cm³/mol. The molecule has 3 rings (SSSR count). The summed E-state index contributed by atoms with van der Waals surface area (Å²) in [7, 11) is 1.71. The number of halogens is 1. The highest BCUT2D eigenvalue weighted by molar-refractivity contribution is 6.35. The van der Waals surface area contributed by atoms with E-state index in [4.69, 9.17) is 16.3 Å². The zero-order valence-corrected chi connectivity index (χ0v) is 14.8. The van der Waals surface area contributed by atoms with Gasteiger partial charge in [0, 0.05) is 50.9 Å². The smallest absolute Gasteiger partial charge is 0.254 e. The van der Waals surface area contributed by atoms with E-state index < -0.39 is 0 Å². The van der Waals surface area contributed by atoms with E-state index >= 15 is 0 Å². The van der Waals surface area contributed by atoms with E-state index in [9.17, 15) is 4.79 Å². The lowest BCUT2D eigenvalue weighted by atomic mass is 10.1. The molecule has 1 aromatic carbocycles. The molecule has 24 heavy (non-hydrogen) atoms. The van der Waals surface area contributed by atoms with Crippen LogP contribution in [0.5, 0.6) is 0 Å². The van der Waals surface area contributed by atoms with E-state index in [0.717, 1.165) is 50.4 Å². The molecule has 0 bridgehead atoms. The fourth-order valence-corrected chi connectivity index (χ4v) is 3.30. The zero-order chi connectivity index (χ0) is 17.1. The number of pyridine rings is 1. The molecule has 1 aromatic heterocycles. The summed E-state index contributed by atoms with van der Waals surface area (Å²) in [6, 6.07) is 7.44. The Bertz CT molecular complexity index is 742. The minimum absolute atomic E-state index is 0.0548. The first-order valence-electron chi connectivity index (χ1n) is 8.16. The molecule has 0 unspecified atom stereocenters. The molecule has 1 amide bonds. The summed E-state index contributed by atoms with van der Waals surface area (Å²) in [5.41, 5.74) is 2.18. The number of hydrogen-bond donors (Lipinski definition) is 0. The highest BCUT2D eigenvalue weighted by Crippen LogP contribution is 2.26. The van der Waals surface area contributed by atoms with Gasteiger partial charge in [-0.1, -0.05) is 23.7 Å². The van der Waals surface area contributed by atoms with Gasteiger partial charge in [0.1, 0.15) is 0 Å². The maximum Gasteiger partial charge on any atom is 0.254 e. The largest absolute Gasteiger partial charge is 0.383 e. The number of methoxy groups -OCH3 is 1. The molecular formula is C18H22ClN3O2. The molecule has 6 heteroatoms. The van der Waals surface area contributed by atoms with Crippen molar-refractivity contribution in [1.82, 2.24) is 14.8 Å². The standard InChI is InChI=1S/C18H22ClN3O2/c1-13-12-15(14-4-3-5-16(19)17(14)20-13)18(23)22-8-6-21(7-9-22)10-11-24-2/h3-5,12H,6-11H2,1-2H3. The predicted octanol–water partition coefficient (Wildman–Crippen LogP) is 2.60. The monoisotopic (exact) mass is 347 g/mol. The Morgan fingerprint density at radius 2 is 2.04 bits per heavy atom. The third-order valence-corrected chi connectivity index (χ3v) is 4.72. The molecule has 128 valence electrons. The molecular weight excluding hydrogens is 326 g/mol. The fraction of sp³-hybridized carbons (Fsp3) is 0.444. The van der Waals surface area contributed by atoms with Crippen LogP contribution in [0, 0.1) is 6.92 Å². The molecule has 0 aliphatic carbocycles. The minimum atomic E-state index is 0.0548. The van der Waals surface area contributed by atoms with Crippen molar-refractivity contribution in [3.63, 3.8) is 0 Å². The first kappa shape index (κ1) is 17.1. The number of ether oxygens (including phenoxy) is 1. The Morgan fingerprint density at radius 3 is 2.75 bits per heavy atom. The number of carbonyl (C=O) groups is 1. The van der Waals surface area contributed by atoms with Gasteiger partial charge in [0.2, 0.25) is 0 Å². The third kappa shape index (κ3) is 3.53. The van der Waals surface area contributed by atoms with Gasteiger partial charge in [0.25, 0.3) is 5.91 Å². The Labute approximate surface area is 147 Å². The van der Waals surface area contributed by atoms with Gasteiger partial charge in [-0.2, -0.15) is 0 Å². The molecule has 0 radical (unpaired) electrons. The van der Waals surface area contributed by atoms with Crippen molar-refractivity contribution in [2.75, 3.05) is 46.4 Å². The molecule has 1 aliphatic rings. The zero-order valence-electron chi connectivity index (χ0n) is 14.1. The van der Waals surface area contributed by atoms with Gasteiger partial charge < -0.3 is 9.64 Å². The maximum absolute atomic E-state index is 13.0. The number of piperazine rings is 1. The van der Waals surface area contributed by atoms with Gasteiger partial charge in [-0.3, -0.25) is 14.7 Å². The third-order valence-electron chi connectivity index (χ3n) is 4.42.